The van der Waals surface area contributed by atoms with Crippen LogP contribution in [0, 0.1) is 11.3 Å². The van der Waals surface area contributed by atoms with E-state index < -0.39 is 23.8 Å². The number of benzene rings is 1. The maximum Gasteiger partial charge on any atom is 0.416 e. The predicted molar refractivity (Wildman–Crippen MR) is 69.3 cm³/mol. The second-order valence-electron chi connectivity index (χ2n) is 4.39. The third-order valence-corrected chi connectivity index (χ3v) is 3.07. The van der Waals surface area contributed by atoms with Gasteiger partial charge in [0.2, 0.25) is 0 Å². The first-order valence-electron chi connectivity index (χ1n) is 6.32. The van der Waals surface area contributed by atoms with Gasteiger partial charge in [-0.25, -0.2) is 0 Å². The number of halogens is 3. The largest absolute Gasteiger partial charge is 0.481 e. The summed E-state index contributed by atoms with van der Waals surface area (Å²) in [5.41, 5.74) is -1.02. The van der Waals surface area contributed by atoms with Gasteiger partial charge < -0.3 is 5.11 Å². The van der Waals surface area contributed by atoms with Gasteiger partial charge in [-0.15, -0.1) is 0 Å². The van der Waals surface area contributed by atoms with Crippen molar-refractivity contribution in [2.24, 2.45) is 0 Å². The molecular formula is C14H15F3N2O2. The topological polar surface area (TPSA) is 64.3 Å². The number of rotatable bonds is 6. The number of carbonyl (C=O) groups is 1. The summed E-state index contributed by atoms with van der Waals surface area (Å²) in [7, 11) is 0. The summed E-state index contributed by atoms with van der Waals surface area (Å²) in [6.07, 6.45) is -4.79. The summed E-state index contributed by atoms with van der Waals surface area (Å²) in [6, 6.07) is 5.57. The van der Waals surface area contributed by atoms with E-state index in [0.29, 0.717) is 0 Å². The lowest BCUT2D eigenvalue weighted by molar-refractivity contribution is -0.139. The standard InChI is InChI=1S/C14H15F3N2O2/c1-2-19(8-7-13(20)21)12(9-18)10-5-3-4-6-11(10)14(15,16)17/h3-6,12H,2,7-8H2,1H3,(H,20,21). The number of hydrogen-bond acceptors (Lipinski definition) is 3. The SMILES string of the molecule is CCN(CCC(=O)O)C(C#N)c1ccccc1C(F)(F)F. The van der Waals surface area contributed by atoms with E-state index in [2.05, 4.69) is 0 Å². The number of nitriles is 1. The Morgan fingerprint density at radius 1 is 1.43 bits per heavy atom. The fourth-order valence-corrected chi connectivity index (χ4v) is 2.05. The van der Waals surface area contributed by atoms with Crippen molar-refractivity contribution in [1.82, 2.24) is 4.90 Å². The normalized spacial score (nSPS) is 13.0. The number of hydrogen-bond donors (Lipinski definition) is 1. The lowest BCUT2D eigenvalue weighted by Crippen LogP contribution is -2.31. The maximum absolute atomic E-state index is 13.0. The van der Waals surface area contributed by atoms with Crippen LogP contribution in [0.2, 0.25) is 0 Å². The van der Waals surface area contributed by atoms with Gasteiger partial charge >= 0.3 is 12.1 Å². The Kier molecular flexibility index (Phi) is 5.73. The van der Waals surface area contributed by atoms with E-state index in [-0.39, 0.29) is 25.1 Å². The molecule has 1 aromatic rings. The second kappa shape index (κ2) is 7.09. The molecule has 0 aliphatic carbocycles. The highest BCUT2D eigenvalue weighted by Crippen LogP contribution is 2.36. The molecule has 0 aromatic heterocycles. The van der Waals surface area contributed by atoms with Crippen LogP contribution in [0.4, 0.5) is 13.2 Å². The highest BCUT2D eigenvalue weighted by atomic mass is 19.4. The molecule has 0 bridgehead atoms. The summed E-state index contributed by atoms with van der Waals surface area (Å²) >= 11 is 0. The van der Waals surface area contributed by atoms with Gasteiger partial charge in [-0.2, -0.15) is 18.4 Å². The molecule has 1 rings (SSSR count). The molecule has 0 saturated carbocycles. The summed E-state index contributed by atoms with van der Waals surface area (Å²) < 4.78 is 39.0. The van der Waals surface area contributed by atoms with Crippen LogP contribution in [0.1, 0.15) is 30.5 Å². The minimum Gasteiger partial charge on any atom is -0.481 e. The molecule has 0 spiro atoms. The van der Waals surface area contributed by atoms with Crippen molar-refractivity contribution in [3.05, 3.63) is 35.4 Å². The van der Waals surface area contributed by atoms with Crippen LogP contribution in [0.5, 0.6) is 0 Å². The third kappa shape index (κ3) is 4.46. The quantitative estimate of drug-likeness (QED) is 0.877. The summed E-state index contributed by atoms with van der Waals surface area (Å²) in [5.74, 6) is -1.06. The molecule has 4 nitrogen and oxygen atoms in total. The van der Waals surface area contributed by atoms with E-state index in [4.69, 9.17) is 5.11 Å². The van der Waals surface area contributed by atoms with Gasteiger partial charge in [0.05, 0.1) is 18.1 Å². The summed E-state index contributed by atoms with van der Waals surface area (Å²) in [4.78, 5) is 12.0. The number of carboxylic acids is 1. The Labute approximate surface area is 120 Å². The summed E-state index contributed by atoms with van der Waals surface area (Å²) in [5, 5.41) is 17.9. The van der Waals surface area contributed by atoms with Crippen molar-refractivity contribution in [3.8, 4) is 6.07 Å². The minimum atomic E-state index is -4.56. The predicted octanol–water partition coefficient (Wildman–Crippen LogP) is 3.07. The number of nitrogens with zero attached hydrogens (tertiary/aromatic N) is 2. The molecule has 1 aromatic carbocycles. The van der Waals surface area contributed by atoms with Gasteiger partial charge in [0.25, 0.3) is 0 Å². The zero-order valence-corrected chi connectivity index (χ0v) is 11.4. The first kappa shape index (κ1) is 17.0. The van der Waals surface area contributed by atoms with Crippen molar-refractivity contribution in [2.45, 2.75) is 25.6 Å². The molecule has 0 aliphatic rings. The molecule has 7 heteroatoms. The van der Waals surface area contributed by atoms with E-state index in [1.807, 2.05) is 6.07 Å². The van der Waals surface area contributed by atoms with E-state index in [1.54, 1.807) is 6.92 Å². The van der Waals surface area contributed by atoms with Gasteiger partial charge in [-0.3, -0.25) is 9.69 Å². The van der Waals surface area contributed by atoms with Gasteiger partial charge in [-0.05, 0) is 18.2 Å². The average Bonchev–Trinajstić information content (AvgIpc) is 2.42. The Morgan fingerprint density at radius 2 is 2.05 bits per heavy atom. The van der Waals surface area contributed by atoms with Crippen molar-refractivity contribution in [3.63, 3.8) is 0 Å². The smallest absolute Gasteiger partial charge is 0.416 e. The van der Waals surface area contributed by atoms with Crippen LogP contribution in [0.25, 0.3) is 0 Å². The van der Waals surface area contributed by atoms with E-state index in [9.17, 15) is 23.2 Å². The lowest BCUT2D eigenvalue weighted by Gasteiger charge is -2.27. The molecule has 0 saturated heterocycles. The van der Waals surface area contributed by atoms with Gasteiger partial charge in [0, 0.05) is 6.54 Å². The van der Waals surface area contributed by atoms with Crippen molar-refractivity contribution in [2.75, 3.05) is 13.1 Å². The van der Waals surface area contributed by atoms with Gasteiger partial charge in [0.15, 0.2) is 0 Å². The van der Waals surface area contributed by atoms with Crippen LogP contribution in [0.15, 0.2) is 24.3 Å². The molecular weight excluding hydrogens is 285 g/mol. The Balaban J connectivity index is 3.15. The van der Waals surface area contributed by atoms with E-state index in [1.165, 1.54) is 23.1 Å². The average molecular weight is 300 g/mol. The minimum absolute atomic E-state index is 0.0102. The monoisotopic (exact) mass is 300 g/mol. The molecule has 21 heavy (non-hydrogen) atoms. The highest BCUT2D eigenvalue weighted by molar-refractivity contribution is 5.66. The first-order chi connectivity index (χ1) is 9.81. The Hall–Kier alpha value is -2.07. The van der Waals surface area contributed by atoms with E-state index >= 15 is 0 Å². The van der Waals surface area contributed by atoms with Crippen molar-refractivity contribution < 1.29 is 23.1 Å². The highest BCUT2D eigenvalue weighted by Gasteiger charge is 2.36. The first-order valence-corrected chi connectivity index (χ1v) is 6.32. The van der Waals surface area contributed by atoms with Gasteiger partial charge in [0.1, 0.15) is 6.04 Å². The molecule has 114 valence electrons. The second-order valence-corrected chi connectivity index (χ2v) is 4.39. The number of aliphatic carboxylic acids is 1. The zero-order chi connectivity index (χ0) is 16.0. The fraction of sp³-hybridized carbons (Fsp3) is 0.429. The number of alkyl halides is 3. The van der Waals surface area contributed by atoms with Crippen LogP contribution in [-0.2, 0) is 11.0 Å². The molecule has 1 atom stereocenters. The molecule has 0 radical (unpaired) electrons. The Morgan fingerprint density at radius 3 is 2.52 bits per heavy atom. The molecule has 0 heterocycles. The van der Waals surface area contributed by atoms with Crippen LogP contribution >= 0.6 is 0 Å². The van der Waals surface area contributed by atoms with Crippen molar-refractivity contribution >= 4 is 5.97 Å². The van der Waals surface area contributed by atoms with Crippen molar-refractivity contribution in [1.29, 1.82) is 5.26 Å². The third-order valence-electron chi connectivity index (χ3n) is 3.07. The molecule has 0 fully saturated rings. The summed E-state index contributed by atoms with van der Waals surface area (Å²) in [6.45, 7) is 1.95. The Bertz CT molecular complexity index is 538. The number of carboxylic acid groups (broad SMARTS) is 1. The molecule has 0 amide bonds. The van der Waals surface area contributed by atoms with Crippen LogP contribution in [-0.4, -0.2) is 29.1 Å². The molecule has 1 N–H and O–H groups in total. The lowest BCUT2D eigenvalue weighted by atomic mass is 9.99. The van der Waals surface area contributed by atoms with E-state index in [0.717, 1.165) is 6.07 Å². The molecule has 1 unspecified atom stereocenters. The van der Waals surface area contributed by atoms with Gasteiger partial charge in [-0.1, -0.05) is 25.1 Å². The van der Waals surface area contributed by atoms with Crippen LogP contribution < -0.4 is 0 Å². The fourth-order valence-electron chi connectivity index (χ4n) is 2.05. The maximum atomic E-state index is 13.0. The van der Waals surface area contributed by atoms with Crippen LogP contribution in [0.3, 0.4) is 0 Å². The molecule has 0 aliphatic heterocycles. The zero-order valence-electron chi connectivity index (χ0n) is 11.4.